The highest BCUT2D eigenvalue weighted by atomic mass is 32.2. The molecule has 1 N–H and O–H groups in total. The van der Waals surface area contributed by atoms with Gasteiger partial charge in [-0.25, -0.2) is 8.42 Å². The van der Waals surface area contributed by atoms with Crippen LogP contribution in [0.4, 0.5) is 5.69 Å². The van der Waals surface area contributed by atoms with Gasteiger partial charge in [0, 0.05) is 18.4 Å². The zero-order valence-corrected chi connectivity index (χ0v) is 10.5. The Bertz CT molecular complexity index is 465. The molecule has 88 valence electrons. The maximum absolute atomic E-state index is 11.6. The average Bonchev–Trinajstić information content (AvgIpc) is 2.17. The second-order valence-corrected chi connectivity index (χ2v) is 5.80. The SMILES string of the molecule is CC(=O)Nc1ccc(S(=O)(=O)CCS)cc1. The molecule has 1 rings (SSSR count). The lowest BCUT2D eigenvalue weighted by Gasteiger charge is -2.05. The van der Waals surface area contributed by atoms with E-state index in [2.05, 4.69) is 17.9 Å². The summed E-state index contributed by atoms with van der Waals surface area (Å²) in [6, 6.07) is 6.08. The van der Waals surface area contributed by atoms with E-state index in [-0.39, 0.29) is 22.3 Å². The van der Waals surface area contributed by atoms with Crippen molar-refractivity contribution in [1.82, 2.24) is 0 Å². The van der Waals surface area contributed by atoms with Gasteiger partial charge in [0.25, 0.3) is 0 Å². The first-order chi connectivity index (χ1) is 7.45. The van der Waals surface area contributed by atoms with E-state index in [0.29, 0.717) is 5.69 Å². The highest BCUT2D eigenvalue weighted by Crippen LogP contribution is 2.15. The van der Waals surface area contributed by atoms with Gasteiger partial charge in [-0.1, -0.05) is 0 Å². The fourth-order valence-electron chi connectivity index (χ4n) is 1.19. The van der Waals surface area contributed by atoms with Gasteiger partial charge in [0.1, 0.15) is 0 Å². The Hall–Kier alpha value is -1.01. The summed E-state index contributed by atoms with van der Waals surface area (Å²) in [5.41, 5.74) is 0.581. The number of benzene rings is 1. The predicted octanol–water partition coefficient (Wildman–Crippen LogP) is 1.35. The molecule has 1 amide bonds. The number of carbonyl (C=O) groups is 1. The van der Waals surface area contributed by atoms with Crippen LogP contribution in [0.2, 0.25) is 0 Å². The minimum Gasteiger partial charge on any atom is -0.326 e. The van der Waals surface area contributed by atoms with E-state index in [1.54, 1.807) is 12.1 Å². The number of hydrogen-bond donors (Lipinski definition) is 2. The summed E-state index contributed by atoms with van der Waals surface area (Å²) >= 11 is 3.89. The van der Waals surface area contributed by atoms with Gasteiger partial charge >= 0.3 is 0 Å². The van der Waals surface area contributed by atoms with E-state index in [1.807, 2.05) is 0 Å². The molecule has 0 aliphatic carbocycles. The highest BCUT2D eigenvalue weighted by Gasteiger charge is 2.12. The van der Waals surface area contributed by atoms with E-state index in [9.17, 15) is 13.2 Å². The first-order valence-electron chi connectivity index (χ1n) is 4.67. The van der Waals surface area contributed by atoms with E-state index in [0.717, 1.165) is 0 Å². The molecule has 4 nitrogen and oxygen atoms in total. The van der Waals surface area contributed by atoms with Crippen LogP contribution in [0.1, 0.15) is 6.92 Å². The average molecular weight is 259 g/mol. The number of amides is 1. The highest BCUT2D eigenvalue weighted by molar-refractivity contribution is 7.92. The van der Waals surface area contributed by atoms with Crippen molar-refractivity contribution >= 4 is 34.1 Å². The van der Waals surface area contributed by atoms with Crippen molar-refractivity contribution in [2.24, 2.45) is 0 Å². The van der Waals surface area contributed by atoms with Crippen molar-refractivity contribution in [3.05, 3.63) is 24.3 Å². The third-order valence-electron chi connectivity index (χ3n) is 1.89. The zero-order valence-electron chi connectivity index (χ0n) is 8.80. The molecule has 0 aromatic heterocycles. The minimum atomic E-state index is -3.24. The second-order valence-electron chi connectivity index (χ2n) is 3.25. The zero-order chi connectivity index (χ0) is 12.2. The van der Waals surface area contributed by atoms with Gasteiger partial charge in [0.2, 0.25) is 5.91 Å². The maximum atomic E-state index is 11.6. The number of nitrogens with one attached hydrogen (secondary N) is 1. The first kappa shape index (κ1) is 13.1. The Morgan fingerprint density at radius 1 is 1.31 bits per heavy atom. The third kappa shape index (κ3) is 3.53. The molecule has 0 fully saturated rings. The molecule has 16 heavy (non-hydrogen) atoms. The first-order valence-corrected chi connectivity index (χ1v) is 6.95. The second kappa shape index (κ2) is 5.36. The molecule has 0 saturated carbocycles. The molecule has 0 radical (unpaired) electrons. The molecule has 6 heteroatoms. The Morgan fingerprint density at radius 3 is 2.31 bits per heavy atom. The molecule has 1 aromatic carbocycles. The molecule has 0 bridgehead atoms. The molecule has 0 heterocycles. The lowest BCUT2D eigenvalue weighted by atomic mass is 10.3. The van der Waals surface area contributed by atoms with Gasteiger partial charge in [0.15, 0.2) is 9.84 Å². The van der Waals surface area contributed by atoms with Gasteiger partial charge in [-0.2, -0.15) is 12.6 Å². The predicted molar refractivity (Wildman–Crippen MR) is 66.7 cm³/mol. The molecule has 0 saturated heterocycles. The van der Waals surface area contributed by atoms with Crippen molar-refractivity contribution < 1.29 is 13.2 Å². The number of hydrogen-bond acceptors (Lipinski definition) is 4. The van der Waals surface area contributed by atoms with Crippen molar-refractivity contribution in [2.75, 3.05) is 16.8 Å². The lowest BCUT2D eigenvalue weighted by Crippen LogP contribution is -2.09. The van der Waals surface area contributed by atoms with E-state index >= 15 is 0 Å². The third-order valence-corrected chi connectivity index (χ3v) is 4.15. The summed E-state index contributed by atoms with van der Waals surface area (Å²) in [6.07, 6.45) is 0. The molecule has 0 spiro atoms. The monoisotopic (exact) mass is 259 g/mol. The van der Waals surface area contributed by atoms with E-state index < -0.39 is 9.84 Å². The number of rotatable bonds is 4. The van der Waals surface area contributed by atoms with Crippen molar-refractivity contribution in [1.29, 1.82) is 0 Å². The molecule has 0 unspecified atom stereocenters. The smallest absolute Gasteiger partial charge is 0.221 e. The largest absolute Gasteiger partial charge is 0.326 e. The molecular weight excluding hydrogens is 246 g/mol. The van der Waals surface area contributed by atoms with E-state index in [4.69, 9.17) is 0 Å². The van der Waals surface area contributed by atoms with E-state index in [1.165, 1.54) is 19.1 Å². The van der Waals surface area contributed by atoms with Gasteiger partial charge in [-0.05, 0) is 24.3 Å². The number of sulfone groups is 1. The fourth-order valence-corrected chi connectivity index (χ4v) is 2.93. The molecular formula is C10H13NO3S2. The molecule has 0 atom stereocenters. The number of carbonyl (C=O) groups excluding carboxylic acids is 1. The van der Waals surface area contributed by atoms with Gasteiger partial charge in [-0.15, -0.1) is 0 Å². The summed E-state index contributed by atoms with van der Waals surface area (Å²) in [5, 5.41) is 2.57. The Labute approximate surface area is 100 Å². The summed E-state index contributed by atoms with van der Waals surface area (Å²) in [6.45, 7) is 1.39. The van der Waals surface area contributed by atoms with Crippen molar-refractivity contribution in [2.45, 2.75) is 11.8 Å². The van der Waals surface area contributed by atoms with Crippen LogP contribution < -0.4 is 5.32 Å². The summed E-state index contributed by atoms with van der Waals surface area (Å²) in [7, 11) is -3.24. The van der Waals surface area contributed by atoms with Crippen LogP contribution in [0, 0.1) is 0 Å². The molecule has 1 aromatic rings. The molecule has 0 aliphatic heterocycles. The van der Waals surface area contributed by atoms with Crippen LogP contribution in [0.5, 0.6) is 0 Å². The fraction of sp³-hybridized carbons (Fsp3) is 0.300. The number of thiol groups is 1. The Balaban J connectivity index is 2.91. The Kier molecular flexibility index (Phi) is 4.37. The Morgan fingerprint density at radius 2 is 1.88 bits per heavy atom. The quantitative estimate of drug-likeness (QED) is 0.802. The van der Waals surface area contributed by atoms with Gasteiger partial charge in [0.05, 0.1) is 10.6 Å². The van der Waals surface area contributed by atoms with Gasteiger partial charge in [-0.3, -0.25) is 4.79 Å². The summed E-state index contributed by atoms with van der Waals surface area (Å²) in [5.74, 6) is 0.108. The van der Waals surface area contributed by atoms with Crippen molar-refractivity contribution in [3.63, 3.8) is 0 Å². The molecule has 0 aliphatic rings. The normalized spacial score (nSPS) is 11.1. The van der Waals surface area contributed by atoms with Crippen LogP contribution >= 0.6 is 12.6 Å². The van der Waals surface area contributed by atoms with Crippen molar-refractivity contribution in [3.8, 4) is 0 Å². The topological polar surface area (TPSA) is 63.2 Å². The maximum Gasteiger partial charge on any atom is 0.221 e. The lowest BCUT2D eigenvalue weighted by molar-refractivity contribution is -0.114. The van der Waals surface area contributed by atoms with Gasteiger partial charge < -0.3 is 5.32 Å². The van der Waals surface area contributed by atoms with Crippen LogP contribution in [0.3, 0.4) is 0 Å². The van der Waals surface area contributed by atoms with Crippen LogP contribution in [-0.4, -0.2) is 25.8 Å². The van der Waals surface area contributed by atoms with Crippen LogP contribution in [-0.2, 0) is 14.6 Å². The number of anilines is 1. The van der Waals surface area contributed by atoms with Crippen LogP contribution in [0.15, 0.2) is 29.2 Å². The standard InChI is InChI=1S/C10H13NO3S2/c1-8(12)11-9-2-4-10(5-3-9)16(13,14)7-6-15/h2-5,15H,6-7H2,1H3,(H,11,12). The summed E-state index contributed by atoms with van der Waals surface area (Å²) < 4.78 is 23.3. The minimum absolute atomic E-state index is 0.00952. The summed E-state index contributed by atoms with van der Waals surface area (Å²) in [4.78, 5) is 11.0. The van der Waals surface area contributed by atoms with Crippen LogP contribution in [0.25, 0.3) is 0 Å².